The van der Waals surface area contributed by atoms with E-state index in [1.54, 1.807) is 12.1 Å². The van der Waals surface area contributed by atoms with Crippen LogP contribution in [0.25, 0.3) is 0 Å². The molecule has 0 saturated heterocycles. The summed E-state index contributed by atoms with van der Waals surface area (Å²) < 4.78 is 5.30. The average Bonchev–Trinajstić information content (AvgIpc) is 2.25. The number of carbonyl (C=O) groups is 1. The summed E-state index contributed by atoms with van der Waals surface area (Å²) in [6.07, 6.45) is 0. The molecule has 0 aliphatic carbocycles. The van der Waals surface area contributed by atoms with Crippen molar-refractivity contribution in [1.29, 1.82) is 0 Å². The number of nitrogens with two attached hydrogens (primary N) is 1. The Morgan fingerprint density at radius 2 is 2.29 bits per heavy atom. The summed E-state index contributed by atoms with van der Waals surface area (Å²) in [6, 6.07) is 2.65. The molecule has 0 aliphatic rings. The number of aryl methyl sites for hydroxylation is 1. The number of benzene rings is 1. The van der Waals surface area contributed by atoms with Crippen LogP contribution < -0.4 is 11.1 Å². The van der Waals surface area contributed by atoms with Crippen LogP contribution in [0.5, 0.6) is 5.75 Å². The van der Waals surface area contributed by atoms with Crippen LogP contribution in [0.2, 0.25) is 0 Å². The lowest BCUT2D eigenvalue weighted by Crippen LogP contribution is -2.39. The third-order valence-corrected chi connectivity index (χ3v) is 2.75. The van der Waals surface area contributed by atoms with Crippen LogP contribution in [0.1, 0.15) is 5.56 Å². The summed E-state index contributed by atoms with van der Waals surface area (Å²) in [5.41, 5.74) is 6.81. The van der Waals surface area contributed by atoms with Gasteiger partial charge in [-0.2, -0.15) is 0 Å². The van der Waals surface area contributed by atoms with Crippen LogP contribution in [0.15, 0.2) is 16.6 Å². The topological polar surface area (TPSA) is 84.6 Å². The number of nitrogens with one attached hydrogen (secondary N) is 1. The van der Waals surface area contributed by atoms with Gasteiger partial charge in [-0.3, -0.25) is 4.79 Å². The first-order chi connectivity index (χ1) is 7.95. The first-order valence-corrected chi connectivity index (χ1v) is 5.79. The van der Waals surface area contributed by atoms with Gasteiger partial charge in [0.1, 0.15) is 6.04 Å². The van der Waals surface area contributed by atoms with E-state index in [0.29, 0.717) is 10.2 Å². The molecule has 94 valence electrons. The number of hydrogen-bond donors (Lipinski definition) is 3. The minimum Gasteiger partial charge on any atom is -0.505 e. The Kier molecular flexibility index (Phi) is 4.92. The molecule has 1 atom stereocenters. The largest absolute Gasteiger partial charge is 0.505 e. The molecular formula is C11H15BrN2O3. The summed E-state index contributed by atoms with van der Waals surface area (Å²) in [6.45, 7) is 1.98. The van der Waals surface area contributed by atoms with Gasteiger partial charge < -0.3 is 20.9 Å². The van der Waals surface area contributed by atoms with Gasteiger partial charge in [0, 0.05) is 7.11 Å². The maximum absolute atomic E-state index is 11.6. The van der Waals surface area contributed by atoms with Crippen molar-refractivity contribution in [2.24, 2.45) is 5.73 Å². The van der Waals surface area contributed by atoms with E-state index < -0.39 is 11.9 Å². The predicted molar refractivity (Wildman–Crippen MR) is 69.0 cm³/mol. The van der Waals surface area contributed by atoms with Gasteiger partial charge >= 0.3 is 0 Å². The number of carbonyl (C=O) groups excluding carboxylic acids is 1. The Morgan fingerprint density at radius 3 is 2.88 bits per heavy atom. The normalized spacial score (nSPS) is 12.2. The van der Waals surface area contributed by atoms with E-state index >= 15 is 0 Å². The van der Waals surface area contributed by atoms with Crippen LogP contribution in [0.4, 0.5) is 5.69 Å². The van der Waals surface area contributed by atoms with Gasteiger partial charge in [0.2, 0.25) is 5.91 Å². The molecule has 1 aromatic rings. The number of phenolic OH excluding ortho intramolecular Hbond substituents is 1. The van der Waals surface area contributed by atoms with Gasteiger partial charge in [-0.15, -0.1) is 0 Å². The number of hydrogen-bond acceptors (Lipinski definition) is 4. The zero-order valence-corrected chi connectivity index (χ0v) is 11.2. The van der Waals surface area contributed by atoms with Crippen LogP contribution in [0, 0.1) is 6.92 Å². The second-order valence-corrected chi connectivity index (χ2v) is 4.55. The minimum absolute atomic E-state index is 0.0198. The smallest absolute Gasteiger partial charge is 0.243 e. The Labute approximate surface area is 108 Å². The second kappa shape index (κ2) is 6.00. The highest BCUT2D eigenvalue weighted by Gasteiger charge is 2.16. The molecule has 0 spiro atoms. The number of halogens is 1. The third kappa shape index (κ3) is 3.69. The van der Waals surface area contributed by atoms with E-state index in [-0.39, 0.29) is 12.4 Å². The minimum atomic E-state index is -0.765. The molecule has 1 aromatic carbocycles. The van der Waals surface area contributed by atoms with E-state index in [1.807, 2.05) is 6.92 Å². The van der Waals surface area contributed by atoms with Crippen molar-refractivity contribution in [1.82, 2.24) is 0 Å². The van der Waals surface area contributed by atoms with Crippen molar-refractivity contribution in [3.63, 3.8) is 0 Å². The third-order valence-electron chi connectivity index (χ3n) is 2.15. The molecule has 0 aliphatic heterocycles. The molecule has 0 aromatic heterocycles. The summed E-state index contributed by atoms with van der Waals surface area (Å²) in [7, 11) is 1.47. The van der Waals surface area contributed by atoms with E-state index in [9.17, 15) is 9.90 Å². The molecule has 1 unspecified atom stereocenters. The fourth-order valence-electron chi connectivity index (χ4n) is 1.31. The zero-order valence-electron chi connectivity index (χ0n) is 9.66. The van der Waals surface area contributed by atoms with Crippen molar-refractivity contribution in [3.8, 4) is 5.75 Å². The Balaban J connectivity index is 2.85. The van der Waals surface area contributed by atoms with Gasteiger partial charge in [0.15, 0.2) is 5.75 Å². The molecule has 0 heterocycles. The van der Waals surface area contributed by atoms with Crippen LogP contribution in [-0.2, 0) is 9.53 Å². The molecule has 4 N–H and O–H groups in total. The van der Waals surface area contributed by atoms with Gasteiger partial charge in [-0.05, 0) is 40.5 Å². The zero-order chi connectivity index (χ0) is 13.0. The van der Waals surface area contributed by atoms with E-state index in [0.717, 1.165) is 5.56 Å². The lowest BCUT2D eigenvalue weighted by Gasteiger charge is -2.13. The molecule has 0 radical (unpaired) electrons. The molecule has 6 heteroatoms. The number of rotatable bonds is 4. The molecule has 0 bridgehead atoms. The van der Waals surface area contributed by atoms with E-state index in [1.165, 1.54) is 7.11 Å². The lowest BCUT2D eigenvalue weighted by molar-refractivity contribution is -0.118. The first kappa shape index (κ1) is 14.0. The highest BCUT2D eigenvalue weighted by atomic mass is 79.9. The van der Waals surface area contributed by atoms with Crippen molar-refractivity contribution >= 4 is 27.5 Å². The van der Waals surface area contributed by atoms with Crippen molar-refractivity contribution in [2.75, 3.05) is 19.0 Å². The summed E-state index contributed by atoms with van der Waals surface area (Å²) in [5.74, 6) is -0.423. The molecule has 0 fully saturated rings. The van der Waals surface area contributed by atoms with E-state index in [4.69, 9.17) is 10.5 Å². The summed E-state index contributed by atoms with van der Waals surface area (Å²) in [5, 5.41) is 12.3. The standard InChI is InChI=1S/C11H15BrN2O3/c1-6-3-7(12)10(15)9(4-6)14-11(16)8(13)5-17-2/h3-4,8,15H,5,13H2,1-2H3,(H,14,16). The first-order valence-electron chi connectivity index (χ1n) is 5.00. The number of amides is 1. The lowest BCUT2D eigenvalue weighted by atomic mass is 10.2. The summed E-state index contributed by atoms with van der Waals surface area (Å²) in [4.78, 5) is 11.6. The monoisotopic (exact) mass is 302 g/mol. The maximum atomic E-state index is 11.6. The van der Waals surface area contributed by atoms with Gasteiger partial charge in [-0.1, -0.05) is 0 Å². The average molecular weight is 303 g/mol. The molecule has 17 heavy (non-hydrogen) atoms. The molecule has 5 nitrogen and oxygen atoms in total. The van der Waals surface area contributed by atoms with Gasteiger partial charge in [0.05, 0.1) is 16.8 Å². The van der Waals surface area contributed by atoms with E-state index in [2.05, 4.69) is 21.2 Å². The van der Waals surface area contributed by atoms with Crippen LogP contribution in [0.3, 0.4) is 0 Å². The van der Waals surface area contributed by atoms with Crippen molar-refractivity contribution in [2.45, 2.75) is 13.0 Å². The Hall–Kier alpha value is -1.11. The highest BCUT2D eigenvalue weighted by Crippen LogP contribution is 2.33. The number of anilines is 1. The Bertz CT molecular complexity index is 423. The van der Waals surface area contributed by atoms with Gasteiger partial charge in [-0.25, -0.2) is 0 Å². The predicted octanol–water partition coefficient (Wildman–Crippen LogP) is 1.38. The molecular weight excluding hydrogens is 288 g/mol. The number of phenols is 1. The number of ether oxygens (including phenoxy) is 1. The Morgan fingerprint density at radius 1 is 1.65 bits per heavy atom. The van der Waals surface area contributed by atoms with Crippen molar-refractivity contribution < 1.29 is 14.6 Å². The molecule has 0 saturated carbocycles. The van der Waals surface area contributed by atoms with Crippen LogP contribution in [-0.4, -0.2) is 30.8 Å². The fourth-order valence-corrected chi connectivity index (χ4v) is 1.89. The summed E-state index contributed by atoms with van der Waals surface area (Å²) >= 11 is 3.20. The molecule has 1 amide bonds. The van der Waals surface area contributed by atoms with Crippen molar-refractivity contribution in [3.05, 3.63) is 22.2 Å². The number of aromatic hydroxyl groups is 1. The number of methoxy groups -OCH3 is 1. The second-order valence-electron chi connectivity index (χ2n) is 3.69. The SMILES string of the molecule is COCC(N)C(=O)Nc1cc(C)cc(Br)c1O. The van der Waals surface area contributed by atoms with Gasteiger partial charge in [0.25, 0.3) is 0 Å². The maximum Gasteiger partial charge on any atom is 0.243 e. The highest BCUT2D eigenvalue weighted by molar-refractivity contribution is 9.10. The quantitative estimate of drug-likeness (QED) is 0.734. The molecule has 1 rings (SSSR count). The fraction of sp³-hybridized carbons (Fsp3) is 0.364. The van der Waals surface area contributed by atoms with Crippen LogP contribution >= 0.6 is 15.9 Å².